The van der Waals surface area contributed by atoms with Gasteiger partial charge in [0.15, 0.2) is 0 Å². The van der Waals surface area contributed by atoms with E-state index in [2.05, 4.69) is 14.2 Å². The zero-order chi connectivity index (χ0) is 12.7. The second kappa shape index (κ2) is 6.64. The third-order valence-electron chi connectivity index (χ3n) is 1.79. The Balaban J connectivity index is 2.58. The topological polar surface area (TPSA) is 99.1 Å². The van der Waals surface area contributed by atoms with E-state index < -0.39 is 23.7 Å². The average Bonchev–Trinajstić information content (AvgIpc) is 2.29. The van der Waals surface area contributed by atoms with Crippen LogP contribution in [0.1, 0.15) is 19.3 Å². The van der Waals surface area contributed by atoms with Crippen molar-refractivity contribution in [2.24, 2.45) is 0 Å². The molecule has 1 heterocycles. The van der Waals surface area contributed by atoms with Crippen LogP contribution in [0.3, 0.4) is 0 Å². The Morgan fingerprint density at radius 1 is 1.35 bits per heavy atom. The van der Waals surface area contributed by atoms with Gasteiger partial charge in [-0.2, -0.15) is 0 Å². The van der Waals surface area contributed by atoms with Crippen molar-refractivity contribution in [3.8, 4) is 0 Å². The number of carbonyl (C=O) groups excluding carboxylic acids is 3. The van der Waals surface area contributed by atoms with Crippen LogP contribution in [0.25, 0.3) is 0 Å². The Morgan fingerprint density at radius 2 is 2.06 bits per heavy atom. The Bertz CT molecular complexity index is 345. The third kappa shape index (κ3) is 4.64. The summed E-state index contributed by atoms with van der Waals surface area (Å²) in [6.07, 6.45) is 0.774. The van der Waals surface area contributed by atoms with Crippen LogP contribution in [0.15, 0.2) is 12.0 Å². The largest absolute Gasteiger partial charge is 0.460 e. The van der Waals surface area contributed by atoms with Crippen LogP contribution in [0.4, 0.5) is 0 Å². The predicted octanol–water partition coefficient (Wildman–Crippen LogP) is -0.366. The molecule has 0 amide bonds. The summed E-state index contributed by atoms with van der Waals surface area (Å²) in [6.45, 7) is -0.140. The molecule has 0 fully saturated rings. The van der Waals surface area contributed by atoms with Gasteiger partial charge in [0.25, 0.3) is 5.76 Å². The number of aliphatic hydroxyl groups is 1. The molecule has 0 bridgehead atoms. The summed E-state index contributed by atoms with van der Waals surface area (Å²) in [5.41, 5.74) is 0. The van der Waals surface area contributed by atoms with Crippen molar-refractivity contribution >= 4 is 17.9 Å². The first-order chi connectivity index (χ1) is 8.13. The fourth-order valence-electron chi connectivity index (χ4n) is 0.970. The van der Waals surface area contributed by atoms with Gasteiger partial charge in [0.05, 0.1) is 19.4 Å². The number of aliphatic hydroxyl groups excluding tert-OH is 1. The minimum atomic E-state index is -0.915. The molecule has 0 saturated heterocycles. The summed E-state index contributed by atoms with van der Waals surface area (Å²) in [4.78, 5) is 33.4. The van der Waals surface area contributed by atoms with E-state index in [1.165, 1.54) is 0 Å². The molecule has 0 aromatic carbocycles. The molecular formula is C10H12O7. The number of hydrogen-bond donors (Lipinski definition) is 1. The van der Waals surface area contributed by atoms with E-state index in [9.17, 15) is 14.4 Å². The lowest BCUT2D eigenvalue weighted by molar-refractivity contribution is -0.155. The lowest BCUT2D eigenvalue weighted by Gasteiger charge is -2.10. The third-order valence-corrected chi connectivity index (χ3v) is 1.79. The zero-order valence-electron chi connectivity index (χ0n) is 9.01. The second-order valence-corrected chi connectivity index (χ2v) is 3.16. The Hall–Kier alpha value is -1.89. The number of hydrogen-bond acceptors (Lipinski definition) is 7. The molecule has 1 N–H and O–H groups in total. The molecule has 7 heteroatoms. The summed E-state index contributed by atoms with van der Waals surface area (Å²) in [5, 5.41) is 8.49. The molecule has 1 aliphatic heterocycles. The summed E-state index contributed by atoms with van der Waals surface area (Å²) in [7, 11) is 0. The minimum Gasteiger partial charge on any atom is -0.460 e. The van der Waals surface area contributed by atoms with Gasteiger partial charge in [-0.25, -0.2) is 4.79 Å². The van der Waals surface area contributed by atoms with E-state index >= 15 is 0 Å². The van der Waals surface area contributed by atoms with Gasteiger partial charge in [-0.1, -0.05) is 0 Å². The lowest BCUT2D eigenvalue weighted by atomic mass is 10.3. The van der Waals surface area contributed by atoms with Crippen LogP contribution in [-0.2, 0) is 28.6 Å². The van der Waals surface area contributed by atoms with Crippen molar-refractivity contribution in [3.05, 3.63) is 12.0 Å². The molecule has 1 rings (SSSR count). The van der Waals surface area contributed by atoms with Crippen LogP contribution in [-0.4, -0.2) is 36.2 Å². The molecule has 0 spiro atoms. The first-order valence-corrected chi connectivity index (χ1v) is 5.02. The number of carbonyl (C=O) groups is 3. The lowest BCUT2D eigenvalue weighted by Crippen LogP contribution is -2.19. The van der Waals surface area contributed by atoms with Crippen LogP contribution >= 0.6 is 0 Å². The van der Waals surface area contributed by atoms with Gasteiger partial charge in [-0.3, -0.25) is 9.59 Å². The molecule has 7 nitrogen and oxygen atoms in total. The predicted molar refractivity (Wildman–Crippen MR) is 52.2 cm³/mol. The van der Waals surface area contributed by atoms with Gasteiger partial charge in [0.2, 0.25) is 0 Å². The number of cyclic esters (lactones) is 2. The van der Waals surface area contributed by atoms with Crippen molar-refractivity contribution < 1.29 is 33.7 Å². The van der Waals surface area contributed by atoms with Crippen molar-refractivity contribution in [2.45, 2.75) is 19.3 Å². The van der Waals surface area contributed by atoms with Gasteiger partial charge >= 0.3 is 17.9 Å². The smallest absolute Gasteiger partial charge is 0.377 e. The highest BCUT2D eigenvalue weighted by Crippen LogP contribution is 2.09. The monoisotopic (exact) mass is 244 g/mol. The van der Waals surface area contributed by atoms with E-state index in [1.54, 1.807) is 0 Å². The van der Waals surface area contributed by atoms with Crippen LogP contribution < -0.4 is 0 Å². The fraction of sp³-hybridized carbons (Fsp3) is 0.500. The maximum absolute atomic E-state index is 11.3. The van der Waals surface area contributed by atoms with Gasteiger partial charge < -0.3 is 19.3 Å². The maximum atomic E-state index is 11.3. The number of rotatable bonds is 4. The van der Waals surface area contributed by atoms with Crippen LogP contribution in [0.2, 0.25) is 0 Å². The molecule has 0 aliphatic carbocycles. The van der Waals surface area contributed by atoms with Gasteiger partial charge in [0.1, 0.15) is 6.26 Å². The van der Waals surface area contributed by atoms with E-state index in [-0.39, 0.29) is 32.5 Å². The van der Waals surface area contributed by atoms with Crippen molar-refractivity contribution in [1.29, 1.82) is 0 Å². The summed E-state index contributed by atoms with van der Waals surface area (Å²) < 4.78 is 13.8. The molecule has 0 saturated carbocycles. The average molecular weight is 244 g/mol. The summed E-state index contributed by atoms with van der Waals surface area (Å²) >= 11 is 0. The number of ether oxygens (including phenoxy) is 3. The molecule has 0 unspecified atom stereocenters. The first kappa shape index (κ1) is 13.2. The molecule has 0 aromatic rings. The standard InChI is InChI=1S/C10H12O7/c11-4-1-5-15-10(14)7-6-16-8(12)2-3-9(13)17-7/h6,11H,1-5H2/b7-6-. The number of esters is 3. The Labute approximate surface area is 96.9 Å². The molecule has 17 heavy (non-hydrogen) atoms. The SMILES string of the molecule is O=C1CCC(=O)O/C(C(=O)OCCCO)=C\O1. The Kier molecular flexibility index (Phi) is 5.15. The van der Waals surface area contributed by atoms with Crippen molar-refractivity contribution in [1.82, 2.24) is 0 Å². The van der Waals surface area contributed by atoms with Crippen molar-refractivity contribution in [3.63, 3.8) is 0 Å². The molecular weight excluding hydrogens is 232 g/mol. The highest BCUT2D eigenvalue weighted by molar-refractivity contribution is 5.91. The fourth-order valence-corrected chi connectivity index (χ4v) is 0.970. The van der Waals surface area contributed by atoms with Crippen LogP contribution in [0, 0.1) is 0 Å². The van der Waals surface area contributed by atoms with E-state index in [1.807, 2.05) is 0 Å². The molecule has 0 aromatic heterocycles. The first-order valence-electron chi connectivity index (χ1n) is 5.02. The van der Waals surface area contributed by atoms with E-state index in [0.717, 1.165) is 6.26 Å². The molecule has 0 atom stereocenters. The molecule has 0 radical (unpaired) electrons. The minimum absolute atomic E-state index is 0.0157. The summed E-state index contributed by atoms with van der Waals surface area (Å²) in [6, 6.07) is 0. The quantitative estimate of drug-likeness (QED) is 0.409. The molecule has 94 valence electrons. The molecule has 1 aliphatic rings. The van der Waals surface area contributed by atoms with Gasteiger partial charge in [0, 0.05) is 13.0 Å². The zero-order valence-corrected chi connectivity index (χ0v) is 9.01. The summed E-state index contributed by atoms with van der Waals surface area (Å²) in [5.74, 6) is -2.71. The second-order valence-electron chi connectivity index (χ2n) is 3.16. The van der Waals surface area contributed by atoms with Crippen molar-refractivity contribution in [2.75, 3.05) is 13.2 Å². The van der Waals surface area contributed by atoms with E-state index in [4.69, 9.17) is 5.11 Å². The Morgan fingerprint density at radius 3 is 2.76 bits per heavy atom. The van der Waals surface area contributed by atoms with Gasteiger partial charge in [-0.05, 0) is 0 Å². The normalized spacial score (nSPS) is 19.2. The highest BCUT2D eigenvalue weighted by Gasteiger charge is 2.21. The highest BCUT2D eigenvalue weighted by atomic mass is 16.6. The van der Waals surface area contributed by atoms with E-state index in [0.29, 0.717) is 0 Å². The van der Waals surface area contributed by atoms with Crippen LogP contribution in [0.5, 0.6) is 0 Å². The van der Waals surface area contributed by atoms with Gasteiger partial charge in [-0.15, -0.1) is 0 Å². The maximum Gasteiger partial charge on any atom is 0.377 e.